The van der Waals surface area contributed by atoms with Crippen molar-refractivity contribution < 1.29 is 0 Å². The van der Waals surface area contributed by atoms with Crippen LogP contribution in [0.3, 0.4) is 0 Å². The zero-order valence-corrected chi connectivity index (χ0v) is 13.7. The lowest BCUT2D eigenvalue weighted by Crippen LogP contribution is -2.37. The third-order valence-electron chi connectivity index (χ3n) is 2.91. The van der Waals surface area contributed by atoms with E-state index in [0.717, 1.165) is 6.54 Å². The van der Waals surface area contributed by atoms with Gasteiger partial charge in [-0.05, 0) is 52.8 Å². The SMILES string of the molecule is C#CC.C/C=C(\C=NCC)C1CCCCN1C.CC. The Labute approximate surface area is 121 Å². The van der Waals surface area contributed by atoms with Gasteiger partial charge in [0.25, 0.3) is 0 Å². The molecule has 1 saturated heterocycles. The number of aliphatic imine (C=N–C) groups is 1. The first-order valence-corrected chi connectivity index (χ1v) is 7.44. The fourth-order valence-corrected chi connectivity index (χ4v) is 2.05. The molecule has 0 bridgehead atoms. The number of likely N-dealkylation sites (N-methyl/N-ethyl adjacent to an activating group) is 1. The minimum Gasteiger partial charge on any atom is -0.299 e. The maximum absolute atomic E-state index is 4.60. The normalized spacial score (nSPS) is 19.8. The van der Waals surface area contributed by atoms with Crippen molar-refractivity contribution in [1.82, 2.24) is 4.90 Å². The number of nitrogens with zero attached hydrogens (tertiary/aromatic N) is 2. The molecule has 0 aromatic heterocycles. The smallest absolute Gasteiger partial charge is 0.0361 e. The van der Waals surface area contributed by atoms with E-state index >= 15 is 0 Å². The largest absolute Gasteiger partial charge is 0.299 e. The molecule has 0 aromatic carbocycles. The Hall–Kier alpha value is -1.07. The minimum absolute atomic E-state index is 0.601. The molecule has 1 aliphatic rings. The summed E-state index contributed by atoms with van der Waals surface area (Å²) >= 11 is 0. The lowest BCUT2D eigenvalue weighted by atomic mass is 9.96. The molecule has 0 radical (unpaired) electrons. The van der Waals surface area contributed by atoms with Gasteiger partial charge in [0.2, 0.25) is 0 Å². The molecule has 1 aliphatic heterocycles. The Morgan fingerprint density at radius 2 is 2.00 bits per heavy atom. The summed E-state index contributed by atoms with van der Waals surface area (Å²) in [6.07, 6.45) is 12.8. The molecule has 0 aromatic rings. The van der Waals surface area contributed by atoms with Gasteiger partial charge in [-0.1, -0.05) is 26.3 Å². The standard InChI is InChI=1S/C12H22N2.C3H4.C2H6/c1-4-11(10-13-5-2)12-8-6-7-9-14(12)3;1-3-2;1-2/h4,10,12H,5-9H2,1-3H3;1H,2H3;1-2H3/b11-4+,13-10?;;. The van der Waals surface area contributed by atoms with Crippen molar-refractivity contribution in [2.45, 2.75) is 59.9 Å². The van der Waals surface area contributed by atoms with Crippen LogP contribution in [0.2, 0.25) is 0 Å². The fourth-order valence-electron chi connectivity index (χ4n) is 2.05. The number of hydrogen-bond acceptors (Lipinski definition) is 2. The molecule has 0 spiro atoms. The van der Waals surface area contributed by atoms with E-state index in [-0.39, 0.29) is 0 Å². The van der Waals surface area contributed by atoms with Crippen LogP contribution in [0, 0.1) is 12.3 Å². The van der Waals surface area contributed by atoms with Crippen LogP contribution in [0.1, 0.15) is 53.9 Å². The predicted molar refractivity (Wildman–Crippen MR) is 88.9 cm³/mol. The summed E-state index contributed by atoms with van der Waals surface area (Å²) < 4.78 is 0. The van der Waals surface area contributed by atoms with Crippen LogP contribution in [-0.2, 0) is 0 Å². The molecule has 1 rings (SSSR count). The van der Waals surface area contributed by atoms with Crippen LogP contribution < -0.4 is 0 Å². The van der Waals surface area contributed by atoms with E-state index < -0.39 is 0 Å². The van der Waals surface area contributed by atoms with Gasteiger partial charge in [0.1, 0.15) is 0 Å². The number of hydrogen-bond donors (Lipinski definition) is 0. The highest BCUT2D eigenvalue weighted by Gasteiger charge is 2.20. The zero-order valence-electron chi connectivity index (χ0n) is 13.7. The van der Waals surface area contributed by atoms with Gasteiger partial charge >= 0.3 is 0 Å². The highest BCUT2D eigenvalue weighted by molar-refractivity contribution is 5.80. The van der Waals surface area contributed by atoms with E-state index in [1.54, 1.807) is 6.92 Å². The van der Waals surface area contributed by atoms with E-state index in [1.807, 2.05) is 20.1 Å². The predicted octanol–water partition coefficient (Wildman–Crippen LogP) is 4.17. The van der Waals surface area contributed by atoms with Crippen LogP contribution >= 0.6 is 0 Å². The van der Waals surface area contributed by atoms with Gasteiger partial charge in [0, 0.05) is 18.8 Å². The maximum atomic E-state index is 4.60. The molecule has 1 unspecified atom stereocenters. The third kappa shape index (κ3) is 9.50. The van der Waals surface area contributed by atoms with Crippen molar-refractivity contribution in [1.29, 1.82) is 0 Å². The van der Waals surface area contributed by atoms with Crippen molar-refractivity contribution in [2.24, 2.45) is 4.99 Å². The Bertz CT molecular complexity index is 284. The van der Waals surface area contributed by atoms with E-state index in [2.05, 4.69) is 49.2 Å². The van der Waals surface area contributed by atoms with E-state index in [1.165, 1.54) is 31.4 Å². The second-order valence-electron chi connectivity index (χ2n) is 4.20. The van der Waals surface area contributed by atoms with Gasteiger partial charge in [0.15, 0.2) is 0 Å². The summed E-state index contributed by atoms with van der Waals surface area (Å²) in [5.41, 5.74) is 1.38. The fraction of sp³-hybridized carbons (Fsp3) is 0.706. The Kier molecular flexibility index (Phi) is 16.0. The summed E-state index contributed by atoms with van der Waals surface area (Å²) in [4.78, 5) is 6.78. The first kappa shape index (κ1) is 20.3. The third-order valence-corrected chi connectivity index (χ3v) is 2.91. The molecular formula is C17H32N2. The first-order valence-electron chi connectivity index (χ1n) is 7.44. The van der Waals surface area contributed by atoms with Crippen LogP contribution in [0.4, 0.5) is 0 Å². The number of piperidine rings is 1. The Morgan fingerprint density at radius 3 is 2.42 bits per heavy atom. The van der Waals surface area contributed by atoms with Crippen molar-refractivity contribution in [3.63, 3.8) is 0 Å². The number of likely N-dealkylation sites (tertiary alicyclic amines) is 1. The van der Waals surface area contributed by atoms with Gasteiger partial charge in [-0.15, -0.1) is 12.3 Å². The summed E-state index contributed by atoms with van der Waals surface area (Å²) in [5, 5.41) is 0. The van der Waals surface area contributed by atoms with Crippen molar-refractivity contribution >= 4 is 6.21 Å². The highest BCUT2D eigenvalue weighted by Crippen LogP contribution is 2.20. The number of rotatable bonds is 3. The number of terminal acetylenes is 1. The molecule has 0 N–H and O–H groups in total. The van der Waals surface area contributed by atoms with Gasteiger partial charge < -0.3 is 0 Å². The minimum atomic E-state index is 0.601. The summed E-state index contributed by atoms with van der Waals surface area (Å²) in [5.74, 6) is 2.25. The van der Waals surface area contributed by atoms with Crippen molar-refractivity contribution in [2.75, 3.05) is 20.1 Å². The van der Waals surface area contributed by atoms with Crippen LogP contribution in [-0.4, -0.2) is 37.3 Å². The second kappa shape index (κ2) is 15.0. The molecule has 19 heavy (non-hydrogen) atoms. The summed E-state index contributed by atoms with van der Waals surface area (Å²) in [6, 6.07) is 0.601. The number of allylic oxidation sites excluding steroid dienone is 1. The molecule has 2 heteroatoms. The average Bonchev–Trinajstić information content (AvgIpc) is 2.44. The van der Waals surface area contributed by atoms with Crippen molar-refractivity contribution in [3.8, 4) is 12.3 Å². The van der Waals surface area contributed by atoms with Gasteiger partial charge in [0.05, 0.1) is 0 Å². The summed E-state index contributed by atoms with van der Waals surface area (Å²) in [7, 11) is 2.22. The lowest BCUT2D eigenvalue weighted by molar-refractivity contribution is 0.217. The Morgan fingerprint density at radius 1 is 1.42 bits per heavy atom. The van der Waals surface area contributed by atoms with E-state index in [0.29, 0.717) is 6.04 Å². The van der Waals surface area contributed by atoms with Crippen molar-refractivity contribution in [3.05, 3.63) is 11.6 Å². The Balaban J connectivity index is 0. The quantitative estimate of drug-likeness (QED) is 0.552. The monoisotopic (exact) mass is 264 g/mol. The van der Waals surface area contributed by atoms with Crippen LogP contribution in [0.15, 0.2) is 16.6 Å². The van der Waals surface area contributed by atoms with Crippen LogP contribution in [0.25, 0.3) is 0 Å². The molecule has 0 saturated carbocycles. The highest BCUT2D eigenvalue weighted by atomic mass is 15.1. The van der Waals surface area contributed by atoms with E-state index in [9.17, 15) is 0 Å². The molecule has 2 nitrogen and oxygen atoms in total. The molecule has 0 aliphatic carbocycles. The molecule has 1 fully saturated rings. The lowest BCUT2D eigenvalue weighted by Gasteiger charge is -2.33. The molecule has 0 amide bonds. The molecular weight excluding hydrogens is 232 g/mol. The maximum Gasteiger partial charge on any atom is 0.0361 e. The van der Waals surface area contributed by atoms with Gasteiger partial charge in [-0.2, -0.15) is 0 Å². The molecule has 110 valence electrons. The molecule has 1 heterocycles. The van der Waals surface area contributed by atoms with E-state index in [4.69, 9.17) is 0 Å². The molecule has 1 atom stereocenters. The summed E-state index contributed by atoms with van der Waals surface area (Å²) in [6.45, 7) is 11.9. The van der Waals surface area contributed by atoms with Crippen LogP contribution in [0.5, 0.6) is 0 Å². The first-order chi connectivity index (χ1) is 9.21. The average molecular weight is 264 g/mol. The second-order valence-corrected chi connectivity index (χ2v) is 4.20. The van der Waals surface area contributed by atoms with Gasteiger partial charge in [-0.25, -0.2) is 0 Å². The topological polar surface area (TPSA) is 15.6 Å². The van der Waals surface area contributed by atoms with Gasteiger partial charge in [-0.3, -0.25) is 9.89 Å². The zero-order chi connectivity index (χ0) is 15.1.